The van der Waals surface area contributed by atoms with E-state index in [2.05, 4.69) is 20.2 Å². The standard InChI is InChI=1S/C22H24F3N7O3/c1-13-3-5-17-19(26-13)27-21(35-17)31-9-7-30(8-10-31)20(33)16-4-6-18(29-28-16)32-11-15(12-32)34-14(2)22(23,24)25/h3-6,14-15H,7-12H2,1-2H3. The molecule has 186 valence electrons. The zero-order valence-corrected chi connectivity index (χ0v) is 19.2. The van der Waals surface area contributed by atoms with Crippen molar-refractivity contribution in [3.05, 3.63) is 35.7 Å². The lowest BCUT2D eigenvalue weighted by molar-refractivity contribution is -0.228. The molecule has 10 nitrogen and oxygen atoms in total. The van der Waals surface area contributed by atoms with Gasteiger partial charge in [-0.25, -0.2) is 4.98 Å². The Labute approximate surface area is 198 Å². The first-order chi connectivity index (χ1) is 16.7. The van der Waals surface area contributed by atoms with Crippen LogP contribution in [0.1, 0.15) is 23.1 Å². The largest absolute Gasteiger partial charge is 0.422 e. The molecule has 1 unspecified atom stereocenters. The monoisotopic (exact) mass is 491 g/mol. The average Bonchev–Trinajstić information content (AvgIpc) is 3.23. The van der Waals surface area contributed by atoms with E-state index >= 15 is 0 Å². The van der Waals surface area contributed by atoms with Crippen LogP contribution in [0.2, 0.25) is 0 Å². The van der Waals surface area contributed by atoms with Gasteiger partial charge in [-0.2, -0.15) is 18.2 Å². The first-order valence-corrected chi connectivity index (χ1v) is 11.3. The first-order valence-electron chi connectivity index (χ1n) is 11.3. The summed E-state index contributed by atoms with van der Waals surface area (Å²) in [5.41, 5.74) is 2.25. The van der Waals surface area contributed by atoms with Gasteiger partial charge in [0, 0.05) is 45.0 Å². The van der Waals surface area contributed by atoms with Gasteiger partial charge < -0.3 is 23.9 Å². The number of alkyl halides is 3. The Balaban J connectivity index is 1.13. The second-order valence-electron chi connectivity index (χ2n) is 8.67. The summed E-state index contributed by atoms with van der Waals surface area (Å²) in [6.07, 6.45) is -6.72. The lowest BCUT2D eigenvalue weighted by atomic mass is 10.1. The van der Waals surface area contributed by atoms with Crippen molar-refractivity contribution >= 4 is 29.0 Å². The van der Waals surface area contributed by atoms with Crippen LogP contribution in [-0.2, 0) is 4.74 Å². The molecule has 35 heavy (non-hydrogen) atoms. The van der Waals surface area contributed by atoms with Gasteiger partial charge in [0.15, 0.2) is 23.2 Å². The number of aryl methyl sites for hydroxylation is 1. The fourth-order valence-corrected chi connectivity index (χ4v) is 3.98. The molecular weight excluding hydrogens is 467 g/mol. The van der Waals surface area contributed by atoms with Gasteiger partial charge >= 0.3 is 6.18 Å². The Bertz CT molecular complexity index is 1200. The number of pyridine rings is 1. The van der Waals surface area contributed by atoms with E-state index in [1.54, 1.807) is 21.9 Å². The molecule has 0 spiro atoms. The summed E-state index contributed by atoms with van der Waals surface area (Å²) >= 11 is 0. The molecule has 5 rings (SSSR count). The summed E-state index contributed by atoms with van der Waals surface area (Å²) in [6, 6.07) is 7.41. The fraction of sp³-hybridized carbons (Fsp3) is 0.500. The maximum atomic E-state index is 12.9. The molecule has 0 N–H and O–H groups in total. The zero-order chi connectivity index (χ0) is 24.7. The Morgan fingerprint density at radius 2 is 1.80 bits per heavy atom. The number of aromatic nitrogens is 4. The zero-order valence-electron chi connectivity index (χ0n) is 19.2. The van der Waals surface area contributed by atoms with E-state index in [4.69, 9.17) is 9.15 Å². The van der Waals surface area contributed by atoms with Gasteiger partial charge in [-0.05, 0) is 38.1 Å². The molecule has 0 radical (unpaired) electrons. The SMILES string of the molecule is Cc1ccc2oc(N3CCN(C(=O)c4ccc(N5CC(OC(C)C(F)(F)F)C5)nn4)CC3)nc2n1. The summed E-state index contributed by atoms with van der Waals surface area (Å²) in [6.45, 7) is 5.50. The number of carbonyl (C=O) groups is 1. The van der Waals surface area contributed by atoms with Gasteiger partial charge in [0.2, 0.25) is 5.65 Å². The Kier molecular flexibility index (Phi) is 5.95. The van der Waals surface area contributed by atoms with Crippen molar-refractivity contribution in [1.29, 1.82) is 0 Å². The summed E-state index contributed by atoms with van der Waals surface area (Å²) < 4.78 is 48.7. The van der Waals surface area contributed by atoms with Crippen LogP contribution in [0.15, 0.2) is 28.7 Å². The number of fused-ring (bicyclic) bond motifs is 1. The summed E-state index contributed by atoms with van der Waals surface area (Å²) in [5.74, 6) is 0.257. The van der Waals surface area contributed by atoms with E-state index in [1.165, 1.54) is 0 Å². The van der Waals surface area contributed by atoms with Crippen molar-refractivity contribution in [2.45, 2.75) is 32.2 Å². The Morgan fingerprint density at radius 1 is 1.06 bits per heavy atom. The molecular formula is C22H24F3N7O3. The summed E-state index contributed by atoms with van der Waals surface area (Å²) in [5, 5.41) is 8.12. The van der Waals surface area contributed by atoms with Crippen LogP contribution in [0, 0.1) is 6.92 Å². The number of ether oxygens (including phenoxy) is 1. The molecule has 5 heterocycles. The van der Waals surface area contributed by atoms with Crippen molar-refractivity contribution in [2.24, 2.45) is 0 Å². The van der Waals surface area contributed by atoms with Crippen LogP contribution in [0.25, 0.3) is 11.2 Å². The number of halogens is 3. The van der Waals surface area contributed by atoms with Gasteiger partial charge in [-0.3, -0.25) is 4.79 Å². The van der Waals surface area contributed by atoms with Crippen molar-refractivity contribution in [3.8, 4) is 0 Å². The third-order valence-corrected chi connectivity index (χ3v) is 6.12. The highest BCUT2D eigenvalue weighted by Crippen LogP contribution is 2.27. The predicted molar refractivity (Wildman–Crippen MR) is 119 cm³/mol. The average molecular weight is 491 g/mol. The molecule has 13 heteroatoms. The van der Waals surface area contributed by atoms with Crippen molar-refractivity contribution < 1.29 is 27.1 Å². The molecule has 0 aromatic carbocycles. The minimum atomic E-state index is -4.38. The number of nitrogens with zero attached hydrogens (tertiary/aromatic N) is 7. The minimum Gasteiger partial charge on any atom is -0.422 e. The Hall–Kier alpha value is -3.48. The van der Waals surface area contributed by atoms with E-state index < -0.39 is 18.4 Å². The fourth-order valence-electron chi connectivity index (χ4n) is 3.98. The number of anilines is 2. The maximum Gasteiger partial charge on any atom is 0.414 e. The second kappa shape index (κ2) is 8.95. The van der Waals surface area contributed by atoms with Gasteiger partial charge in [-0.1, -0.05) is 0 Å². The number of hydrogen-bond acceptors (Lipinski definition) is 9. The minimum absolute atomic E-state index is 0.211. The van der Waals surface area contributed by atoms with Gasteiger partial charge in [-0.15, -0.1) is 10.2 Å². The van der Waals surface area contributed by atoms with E-state index in [0.717, 1.165) is 12.6 Å². The normalized spacial score (nSPS) is 18.1. The van der Waals surface area contributed by atoms with E-state index in [1.807, 2.05) is 24.0 Å². The smallest absolute Gasteiger partial charge is 0.414 e. The number of amides is 1. The van der Waals surface area contributed by atoms with Crippen LogP contribution in [0.4, 0.5) is 25.0 Å². The Morgan fingerprint density at radius 3 is 2.46 bits per heavy atom. The molecule has 2 saturated heterocycles. The topological polar surface area (TPSA) is 101 Å². The first kappa shape index (κ1) is 23.3. The molecule has 0 bridgehead atoms. The third kappa shape index (κ3) is 4.85. The van der Waals surface area contributed by atoms with Gasteiger partial charge in [0.25, 0.3) is 11.9 Å². The summed E-state index contributed by atoms with van der Waals surface area (Å²) in [4.78, 5) is 27.1. The maximum absolute atomic E-state index is 12.9. The molecule has 0 saturated carbocycles. The second-order valence-corrected chi connectivity index (χ2v) is 8.67. The van der Waals surface area contributed by atoms with Crippen molar-refractivity contribution in [1.82, 2.24) is 25.1 Å². The third-order valence-electron chi connectivity index (χ3n) is 6.12. The molecule has 0 aliphatic carbocycles. The van der Waals surface area contributed by atoms with Crippen molar-refractivity contribution in [2.75, 3.05) is 49.1 Å². The number of hydrogen-bond donors (Lipinski definition) is 0. The molecule has 1 amide bonds. The lowest BCUT2D eigenvalue weighted by Gasteiger charge is -2.40. The van der Waals surface area contributed by atoms with Crippen LogP contribution in [0.5, 0.6) is 0 Å². The predicted octanol–water partition coefficient (Wildman–Crippen LogP) is 2.44. The van der Waals surface area contributed by atoms with Crippen LogP contribution in [0.3, 0.4) is 0 Å². The van der Waals surface area contributed by atoms with Gasteiger partial charge in [0.1, 0.15) is 0 Å². The molecule has 1 atom stereocenters. The van der Waals surface area contributed by atoms with Crippen molar-refractivity contribution in [3.63, 3.8) is 0 Å². The van der Waals surface area contributed by atoms with E-state index in [0.29, 0.717) is 49.2 Å². The highest BCUT2D eigenvalue weighted by molar-refractivity contribution is 5.92. The number of carbonyl (C=O) groups excluding carboxylic acids is 1. The highest BCUT2D eigenvalue weighted by atomic mass is 19.4. The van der Waals surface area contributed by atoms with E-state index in [-0.39, 0.29) is 24.7 Å². The lowest BCUT2D eigenvalue weighted by Crippen LogP contribution is -2.55. The number of oxazole rings is 1. The molecule has 3 aromatic rings. The van der Waals surface area contributed by atoms with Crippen LogP contribution < -0.4 is 9.80 Å². The molecule has 2 aliphatic heterocycles. The number of rotatable bonds is 5. The molecule has 2 aliphatic rings. The van der Waals surface area contributed by atoms with E-state index in [9.17, 15) is 18.0 Å². The molecule has 3 aromatic heterocycles. The van der Waals surface area contributed by atoms with Crippen LogP contribution in [-0.4, -0.2) is 88.6 Å². The summed E-state index contributed by atoms with van der Waals surface area (Å²) in [7, 11) is 0. The van der Waals surface area contributed by atoms with Gasteiger partial charge in [0.05, 0.1) is 6.10 Å². The number of piperazine rings is 1. The van der Waals surface area contributed by atoms with Crippen LogP contribution >= 0.6 is 0 Å². The highest BCUT2D eigenvalue weighted by Gasteiger charge is 2.41. The molecule has 2 fully saturated rings. The quantitative estimate of drug-likeness (QED) is 0.533.